The summed E-state index contributed by atoms with van der Waals surface area (Å²) < 4.78 is 13.1. The van der Waals surface area contributed by atoms with E-state index in [1.165, 1.54) is 12.1 Å². The van der Waals surface area contributed by atoms with Crippen LogP contribution in [0.25, 0.3) is 0 Å². The maximum Gasteiger partial charge on any atom is 0.176 e. The molecule has 0 aromatic heterocycles. The van der Waals surface area contributed by atoms with E-state index >= 15 is 0 Å². The number of carbonyl (C=O) groups excluding carboxylic acids is 1. The van der Waals surface area contributed by atoms with Crippen LogP contribution in [0.5, 0.6) is 0 Å². The first-order chi connectivity index (χ1) is 9.10. The van der Waals surface area contributed by atoms with E-state index in [9.17, 15) is 9.18 Å². The van der Waals surface area contributed by atoms with E-state index < -0.39 is 0 Å². The Kier molecular flexibility index (Phi) is 6.71. The molecule has 1 rings (SSSR count). The molecule has 0 atom stereocenters. The highest BCUT2D eigenvalue weighted by molar-refractivity contribution is 5.97. The van der Waals surface area contributed by atoms with Gasteiger partial charge in [-0.05, 0) is 24.6 Å². The molecule has 0 N–H and O–H groups in total. The van der Waals surface area contributed by atoms with E-state index in [4.69, 9.17) is 0 Å². The normalized spacial score (nSPS) is 11.3. The summed E-state index contributed by atoms with van der Waals surface area (Å²) in [6.45, 7) is 8.56. The van der Waals surface area contributed by atoms with Crippen LogP contribution in [0.1, 0.15) is 44.0 Å². The van der Waals surface area contributed by atoms with Gasteiger partial charge in [0, 0.05) is 12.1 Å². The second kappa shape index (κ2) is 8.05. The highest BCUT2D eigenvalue weighted by atomic mass is 19.1. The Labute approximate surface area is 115 Å². The number of halogens is 1. The van der Waals surface area contributed by atoms with E-state index in [1.54, 1.807) is 12.1 Å². The van der Waals surface area contributed by atoms with E-state index in [-0.39, 0.29) is 11.6 Å². The molecule has 106 valence electrons. The molecule has 0 aliphatic rings. The summed E-state index contributed by atoms with van der Waals surface area (Å²) in [6.07, 6.45) is 2.25. The lowest BCUT2D eigenvalue weighted by Gasteiger charge is -2.24. The number of carbonyl (C=O) groups is 1. The van der Waals surface area contributed by atoms with Crippen molar-refractivity contribution in [3.8, 4) is 0 Å². The number of ketones is 1. The molecule has 0 aliphatic carbocycles. The zero-order valence-corrected chi connectivity index (χ0v) is 12.2. The smallest absolute Gasteiger partial charge is 0.176 e. The molecule has 0 saturated heterocycles. The maximum absolute atomic E-state index is 13.1. The van der Waals surface area contributed by atoms with Gasteiger partial charge in [-0.3, -0.25) is 9.69 Å². The molecular formula is C16H24FNO. The number of Topliss-reactive ketones (excluding diaryl/α,β-unsaturated/α-hetero) is 1. The molecule has 0 bridgehead atoms. The van der Waals surface area contributed by atoms with E-state index in [2.05, 4.69) is 25.7 Å². The van der Waals surface area contributed by atoms with Crippen LogP contribution in [0.2, 0.25) is 0 Å². The average molecular weight is 265 g/mol. The van der Waals surface area contributed by atoms with Gasteiger partial charge in [0.1, 0.15) is 5.82 Å². The van der Waals surface area contributed by atoms with Crippen molar-refractivity contribution in [1.82, 2.24) is 4.90 Å². The third-order valence-electron chi connectivity index (χ3n) is 3.63. The molecule has 0 saturated carbocycles. The lowest BCUT2D eigenvalue weighted by molar-refractivity contribution is 0.0920. The van der Waals surface area contributed by atoms with Crippen molar-refractivity contribution in [3.05, 3.63) is 35.6 Å². The van der Waals surface area contributed by atoms with Gasteiger partial charge < -0.3 is 0 Å². The minimum absolute atomic E-state index is 0.00712. The molecule has 0 fully saturated rings. The van der Waals surface area contributed by atoms with Gasteiger partial charge in [0.15, 0.2) is 5.78 Å². The fraction of sp³-hybridized carbons (Fsp3) is 0.562. The molecule has 0 aliphatic heterocycles. The van der Waals surface area contributed by atoms with E-state index in [1.807, 2.05) is 0 Å². The fourth-order valence-electron chi connectivity index (χ4n) is 2.17. The molecular weight excluding hydrogens is 241 g/mol. The lowest BCUT2D eigenvalue weighted by Crippen LogP contribution is -2.34. The molecule has 0 amide bonds. The van der Waals surface area contributed by atoms with Crippen LogP contribution in [0.4, 0.5) is 4.39 Å². The molecule has 0 unspecified atom stereocenters. The summed E-state index contributed by atoms with van der Waals surface area (Å²) in [5.41, 5.74) is 0.461. The van der Waals surface area contributed by atoms with Crippen LogP contribution in [-0.4, -0.2) is 30.3 Å². The summed E-state index contributed by atoms with van der Waals surface area (Å²) in [4.78, 5) is 14.3. The van der Waals surface area contributed by atoms with Crippen LogP contribution in [0.15, 0.2) is 24.3 Å². The minimum Gasteiger partial charge on any atom is -0.296 e. The zero-order chi connectivity index (χ0) is 14.3. The zero-order valence-electron chi connectivity index (χ0n) is 12.2. The monoisotopic (exact) mass is 265 g/mol. The van der Waals surface area contributed by atoms with Crippen LogP contribution in [0, 0.1) is 11.7 Å². The van der Waals surface area contributed by atoms with E-state index in [0.29, 0.717) is 18.0 Å². The Balaban J connectivity index is 2.62. The Bertz CT molecular complexity index is 401. The van der Waals surface area contributed by atoms with Crippen LogP contribution in [0.3, 0.4) is 0 Å². The minimum atomic E-state index is -0.353. The standard InChI is InChI=1S/C16H24FNO/c1-4-13(5-2)11-18(6-3)12-16(19)14-8-7-9-15(17)10-14/h7-10,13H,4-6,11-12H2,1-3H3. The van der Waals surface area contributed by atoms with Gasteiger partial charge in [-0.2, -0.15) is 0 Å². The number of hydrogen-bond acceptors (Lipinski definition) is 2. The van der Waals surface area contributed by atoms with Crippen molar-refractivity contribution in [3.63, 3.8) is 0 Å². The summed E-state index contributed by atoms with van der Waals surface area (Å²) in [7, 11) is 0. The highest BCUT2D eigenvalue weighted by Crippen LogP contribution is 2.11. The van der Waals surface area contributed by atoms with E-state index in [0.717, 1.165) is 25.9 Å². The molecule has 1 aromatic rings. The summed E-state index contributed by atoms with van der Waals surface area (Å²) >= 11 is 0. The lowest BCUT2D eigenvalue weighted by atomic mass is 10.0. The van der Waals surface area contributed by atoms with Crippen LogP contribution in [-0.2, 0) is 0 Å². The van der Waals surface area contributed by atoms with Gasteiger partial charge in [-0.1, -0.05) is 45.7 Å². The third kappa shape index (κ3) is 5.11. The molecule has 19 heavy (non-hydrogen) atoms. The number of rotatable bonds is 8. The second-order valence-corrected chi connectivity index (χ2v) is 4.94. The largest absolute Gasteiger partial charge is 0.296 e. The number of likely N-dealkylation sites (N-methyl/N-ethyl adjacent to an activating group) is 1. The summed E-state index contributed by atoms with van der Waals surface area (Å²) in [6, 6.07) is 5.93. The highest BCUT2D eigenvalue weighted by Gasteiger charge is 2.14. The van der Waals surface area contributed by atoms with Crippen molar-refractivity contribution in [2.24, 2.45) is 5.92 Å². The first kappa shape index (κ1) is 15.8. The maximum atomic E-state index is 13.1. The number of nitrogens with zero attached hydrogens (tertiary/aromatic N) is 1. The Morgan fingerprint density at radius 1 is 1.26 bits per heavy atom. The Morgan fingerprint density at radius 2 is 1.95 bits per heavy atom. The van der Waals surface area contributed by atoms with Crippen molar-refractivity contribution in [2.45, 2.75) is 33.6 Å². The summed E-state index contributed by atoms with van der Waals surface area (Å²) in [5.74, 6) is 0.265. The van der Waals surface area contributed by atoms with Gasteiger partial charge in [0.2, 0.25) is 0 Å². The van der Waals surface area contributed by atoms with Gasteiger partial charge in [-0.25, -0.2) is 4.39 Å². The second-order valence-electron chi connectivity index (χ2n) is 4.94. The van der Waals surface area contributed by atoms with Gasteiger partial charge >= 0.3 is 0 Å². The summed E-state index contributed by atoms with van der Waals surface area (Å²) in [5, 5.41) is 0. The SMILES string of the molecule is CCC(CC)CN(CC)CC(=O)c1cccc(F)c1. The first-order valence-electron chi connectivity index (χ1n) is 7.11. The van der Waals surface area contributed by atoms with Crippen LogP contribution >= 0.6 is 0 Å². The molecule has 0 radical (unpaired) electrons. The topological polar surface area (TPSA) is 20.3 Å². The molecule has 1 aromatic carbocycles. The predicted molar refractivity (Wildman–Crippen MR) is 76.9 cm³/mol. The first-order valence-corrected chi connectivity index (χ1v) is 7.11. The van der Waals surface area contributed by atoms with Crippen molar-refractivity contribution in [1.29, 1.82) is 0 Å². The predicted octanol–water partition coefficient (Wildman–Crippen LogP) is 3.77. The van der Waals surface area contributed by atoms with Gasteiger partial charge in [0.25, 0.3) is 0 Å². The number of hydrogen-bond donors (Lipinski definition) is 0. The van der Waals surface area contributed by atoms with Crippen molar-refractivity contribution in [2.75, 3.05) is 19.6 Å². The third-order valence-corrected chi connectivity index (χ3v) is 3.63. The van der Waals surface area contributed by atoms with Crippen LogP contribution < -0.4 is 0 Å². The molecule has 0 heterocycles. The quantitative estimate of drug-likeness (QED) is 0.667. The molecule has 3 heteroatoms. The van der Waals surface area contributed by atoms with Crippen molar-refractivity contribution < 1.29 is 9.18 Å². The Morgan fingerprint density at radius 3 is 2.47 bits per heavy atom. The van der Waals surface area contributed by atoms with Gasteiger partial charge in [-0.15, -0.1) is 0 Å². The molecule has 0 spiro atoms. The Hall–Kier alpha value is -1.22. The average Bonchev–Trinajstić information content (AvgIpc) is 2.43. The fourth-order valence-corrected chi connectivity index (χ4v) is 2.17. The van der Waals surface area contributed by atoms with Crippen molar-refractivity contribution >= 4 is 5.78 Å². The molecule has 2 nitrogen and oxygen atoms in total. The van der Waals surface area contributed by atoms with Gasteiger partial charge in [0.05, 0.1) is 6.54 Å². The number of benzene rings is 1.